The third-order valence-corrected chi connectivity index (χ3v) is 1.64. The van der Waals surface area contributed by atoms with E-state index in [1.165, 1.54) is 0 Å². The van der Waals surface area contributed by atoms with E-state index in [1.54, 1.807) is 18.3 Å². The normalized spacial score (nSPS) is 10.2. The largest absolute Gasteiger partial charge is 0.397 e. The first kappa shape index (κ1) is 10.5. The maximum absolute atomic E-state index is 11.3. The highest BCUT2D eigenvalue weighted by molar-refractivity contribution is 5.78. The maximum atomic E-state index is 11.3. The lowest BCUT2D eigenvalue weighted by molar-refractivity contribution is -0.120. The molecule has 0 aliphatic carbocycles. The number of nitrogens with one attached hydrogen (secondary N) is 1. The van der Waals surface area contributed by atoms with Crippen molar-refractivity contribution in [3.05, 3.63) is 24.0 Å². The summed E-state index contributed by atoms with van der Waals surface area (Å²) in [6.45, 7) is 3.85. The average molecular weight is 193 g/mol. The Hall–Kier alpha value is -1.58. The number of carbonyl (C=O) groups excluding carboxylic acids is 1. The Bertz CT molecular complexity index is 306. The number of aromatic nitrogens is 1. The lowest BCUT2D eigenvalue weighted by Gasteiger charge is -2.07. The number of rotatable bonds is 3. The molecule has 0 saturated carbocycles. The summed E-state index contributed by atoms with van der Waals surface area (Å²) in [6.07, 6.45) is 1.86. The van der Waals surface area contributed by atoms with E-state index in [2.05, 4.69) is 10.3 Å². The molecule has 0 unspecified atom stereocenters. The van der Waals surface area contributed by atoms with Crippen molar-refractivity contribution in [3.63, 3.8) is 0 Å². The van der Waals surface area contributed by atoms with Crippen molar-refractivity contribution in [2.24, 2.45) is 0 Å². The first-order valence-electron chi connectivity index (χ1n) is 4.57. The Morgan fingerprint density at radius 2 is 2.29 bits per heavy atom. The molecule has 1 aromatic rings. The molecule has 0 saturated heterocycles. The van der Waals surface area contributed by atoms with Gasteiger partial charge in [0, 0.05) is 11.7 Å². The van der Waals surface area contributed by atoms with E-state index < -0.39 is 0 Å². The van der Waals surface area contributed by atoms with Crippen molar-refractivity contribution in [3.8, 4) is 0 Å². The van der Waals surface area contributed by atoms with Crippen LogP contribution in [-0.2, 0) is 11.2 Å². The van der Waals surface area contributed by atoms with Gasteiger partial charge in [-0.25, -0.2) is 0 Å². The molecule has 14 heavy (non-hydrogen) atoms. The van der Waals surface area contributed by atoms with Crippen LogP contribution in [-0.4, -0.2) is 16.9 Å². The minimum Gasteiger partial charge on any atom is -0.397 e. The van der Waals surface area contributed by atoms with Crippen LogP contribution in [0.15, 0.2) is 18.3 Å². The van der Waals surface area contributed by atoms with Gasteiger partial charge in [0.15, 0.2) is 0 Å². The number of amides is 1. The number of hydrogen-bond donors (Lipinski definition) is 2. The molecule has 3 N–H and O–H groups in total. The van der Waals surface area contributed by atoms with Crippen molar-refractivity contribution in [2.45, 2.75) is 26.3 Å². The molecule has 0 radical (unpaired) electrons. The van der Waals surface area contributed by atoms with E-state index in [-0.39, 0.29) is 11.9 Å². The summed E-state index contributed by atoms with van der Waals surface area (Å²) >= 11 is 0. The minimum absolute atomic E-state index is 0.0164. The molecular weight excluding hydrogens is 178 g/mol. The van der Waals surface area contributed by atoms with Crippen LogP contribution in [0.25, 0.3) is 0 Å². The summed E-state index contributed by atoms with van der Waals surface area (Å²) in [7, 11) is 0. The average Bonchev–Trinajstić information content (AvgIpc) is 2.07. The molecule has 0 spiro atoms. The Morgan fingerprint density at radius 3 is 2.79 bits per heavy atom. The highest BCUT2D eigenvalue weighted by atomic mass is 16.1. The quantitative estimate of drug-likeness (QED) is 0.743. The molecule has 0 bridgehead atoms. The van der Waals surface area contributed by atoms with Crippen molar-refractivity contribution >= 4 is 11.6 Å². The molecule has 4 heteroatoms. The predicted octanol–water partition coefficient (Wildman–Crippen LogP) is 0.731. The van der Waals surface area contributed by atoms with E-state index in [1.807, 2.05) is 13.8 Å². The summed E-state index contributed by atoms with van der Waals surface area (Å²) in [6, 6.07) is 3.66. The van der Waals surface area contributed by atoms with Crippen LogP contribution in [0.1, 0.15) is 19.5 Å². The van der Waals surface area contributed by atoms with Crippen molar-refractivity contribution in [2.75, 3.05) is 5.73 Å². The first-order valence-corrected chi connectivity index (χ1v) is 4.57. The van der Waals surface area contributed by atoms with Crippen molar-refractivity contribution in [1.82, 2.24) is 10.3 Å². The van der Waals surface area contributed by atoms with Gasteiger partial charge in [0.05, 0.1) is 18.3 Å². The Labute approximate surface area is 83.5 Å². The molecular formula is C10H15N3O. The van der Waals surface area contributed by atoms with Crippen LogP contribution < -0.4 is 11.1 Å². The number of pyridine rings is 1. The lowest BCUT2D eigenvalue weighted by atomic mass is 10.2. The zero-order chi connectivity index (χ0) is 10.6. The van der Waals surface area contributed by atoms with Crippen LogP contribution in [0.2, 0.25) is 0 Å². The molecule has 0 aliphatic heterocycles. The molecule has 1 amide bonds. The summed E-state index contributed by atoms with van der Waals surface area (Å²) in [5.74, 6) is -0.0164. The zero-order valence-corrected chi connectivity index (χ0v) is 8.45. The molecule has 1 heterocycles. The molecule has 0 aliphatic rings. The SMILES string of the molecule is CC(C)NC(=O)Cc1ccc(N)cn1. The van der Waals surface area contributed by atoms with E-state index in [4.69, 9.17) is 5.73 Å². The van der Waals surface area contributed by atoms with Gasteiger partial charge in [-0.1, -0.05) is 0 Å². The molecule has 1 rings (SSSR count). The molecule has 1 aromatic heterocycles. The van der Waals surface area contributed by atoms with Gasteiger partial charge >= 0.3 is 0 Å². The third kappa shape index (κ3) is 3.43. The smallest absolute Gasteiger partial charge is 0.226 e. The van der Waals surface area contributed by atoms with Gasteiger partial charge in [0.2, 0.25) is 5.91 Å². The number of carbonyl (C=O) groups is 1. The fraction of sp³-hybridized carbons (Fsp3) is 0.400. The van der Waals surface area contributed by atoms with Gasteiger partial charge in [-0.05, 0) is 26.0 Å². The van der Waals surface area contributed by atoms with Gasteiger partial charge in [-0.2, -0.15) is 0 Å². The second-order valence-electron chi connectivity index (χ2n) is 3.48. The number of nitrogen functional groups attached to an aromatic ring is 1. The second-order valence-corrected chi connectivity index (χ2v) is 3.48. The highest BCUT2D eigenvalue weighted by Gasteiger charge is 2.05. The number of hydrogen-bond acceptors (Lipinski definition) is 3. The fourth-order valence-electron chi connectivity index (χ4n) is 1.08. The predicted molar refractivity (Wildman–Crippen MR) is 55.6 cm³/mol. The van der Waals surface area contributed by atoms with Crippen LogP contribution in [0.5, 0.6) is 0 Å². The summed E-state index contributed by atoms with van der Waals surface area (Å²) < 4.78 is 0. The molecule has 76 valence electrons. The van der Waals surface area contributed by atoms with Gasteiger partial charge in [-0.3, -0.25) is 9.78 Å². The summed E-state index contributed by atoms with van der Waals surface area (Å²) in [4.78, 5) is 15.4. The van der Waals surface area contributed by atoms with Crippen molar-refractivity contribution < 1.29 is 4.79 Å². The molecule has 4 nitrogen and oxygen atoms in total. The van der Waals surface area contributed by atoms with Crippen LogP contribution in [0.4, 0.5) is 5.69 Å². The highest BCUT2D eigenvalue weighted by Crippen LogP contribution is 2.01. The Balaban J connectivity index is 2.52. The molecule has 0 atom stereocenters. The second kappa shape index (κ2) is 4.60. The lowest BCUT2D eigenvalue weighted by Crippen LogP contribution is -2.31. The summed E-state index contributed by atoms with van der Waals surface area (Å²) in [5, 5.41) is 2.80. The molecule has 0 aromatic carbocycles. The van der Waals surface area contributed by atoms with Crippen LogP contribution in [0.3, 0.4) is 0 Å². The first-order chi connectivity index (χ1) is 6.58. The van der Waals surface area contributed by atoms with Gasteiger partial charge in [0.25, 0.3) is 0 Å². The third-order valence-electron chi connectivity index (χ3n) is 1.64. The van der Waals surface area contributed by atoms with Gasteiger partial charge in [-0.15, -0.1) is 0 Å². The molecule has 0 fully saturated rings. The number of nitrogens with zero attached hydrogens (tertiary/aromatic N) is 1. The maximum Gasteiger partial charge on any atom is 0.226 e. The monoisotopic (exact) mass is 193 g/mol. The van der Waals surface area contributed by atoms with Crippen LogP contribution in [0, 0.1) is 0 Å². The fourth-order valence-corrected chi connectivity index (χ4v) is 1.08. The van der Waals surface area contributed by atoms with Gasteiger partial charge in [0.1, 0.15) is 0 Å². The number of anilines is 1. The van der Waals surface area contributed by atoms with E-state index in [9.17, 15) is 4.79 Å². The Kier molecular flexibility index (Phi) is 3.45. The standard InChI is InChI=1S/C10H15N3O/c1-7(2)13-10(14)5-9-4-3-8(11)6-12-9/h3-4,6-7H,5,11H2,1-2H3,(H,13,14). The van der Waals surface area contributed by atoms with Crippen molar-refractivity contribution in [1.29, 1.82) is 0 Å². The van der Waals surface area contributed by atoms with E-state index in [0.717, 1.165) is 5.69 Å². The van der Waals surface area contributed by atoms with Gasteiger partial charge < -0.3 is 11.1 Å². The van der Waals surface area contributed by atoms with Crippen LogP contribution >= 0.6 is 0 Å². The van der Waals surface area contributed by atoms with E-state index in [0.29, 0.717) is 12.1 Å². The summed E-state index contributed by atoms with van der Waals surface area (Å²) in [5.41, 5.74) is 6.82. The minimum atomic E-state index is -0.0164. The Morgan fingerprint density at radius 1 is 1.57 bits per heavy atom. The zero-order valence-electron chi connectivity index (χ0n) is 8.45. The number of nitrogens with two attached hydrogens (primary N) is 1. The van der Waals surface area contributed by atoms with E-state index >= 15 is 0 Å². The topological polar surface area (TPSA) is 68.0 Å².